The number of carbonyl (C=O) groups is 3. The summed E-state index contributed by atoms with van der Waals surface area (Å²) < 4.78 is 5.89. The van der Waals surface area contributed by atoms with Crippen LogP contribution in [0.15, 0.2) is 54.6 Å². The van der Waals surface area contributed by atoms with E-state index >= 15 is 0 Å². The molecule has 3 N–H and O–H groups in total. The van der Waals surface area contributed by atoms with E-state index in [9.17, 15) is 14.4 Å². The summed E-state index contributed by atoms with van der Waals surface area (Å²) in [6.07, 6.45) is 1.43. The number of carbonyl (C=O) groups excluding carboxylic acids is 3. The zero-order valence-corrected chi connectivity index (χ0v) is 22.9. The molecule has 1 spiro atoms. The Morgan fingerprint density at radius 1 is 1.16 bits per heavy atom. The zero-order chi connectivity index (χ0) is 27.5. The van der Waals surface area contributed by atoms with Gasteiger partial charge in [-0.25, -0.2) is 0 Å². The summed E-state index contributed by atoms with van der Waals surface area (Å²) in [4.78, 5) is 43.8. The number of ether oxygens (including phenoxy) is 1. The van der Waals surface area contributed by atoms with Crippen molar-refractivity contribution in [2.45, 2.75) is 57.7 Å². The zero-order valence-electron chi connectivity index (χ0n) is 22.9. The fraction of sp³-hybridized carbons (Fsp3) is 0.500. The molecule has 8 heteroatoms. The summed E-state index contributed by atoms with van der Waals surface area (Å²) in [5, 5.41) is 2.81. The van der Waals surface area contributed by atoms with Gasteiger partial charge in [0.05, 0.1) is 24.2 Å². The van der Waals surface area contributed by atoms with Crippen LogP contribution in [0.2, 0.25) is 0 Å². The van der Waals surface area contributed by atoms with Gasteiger partial charge in [-0.3, -0.25) is 14.4 Å². The molecule has 0 aromatic heterocycles. The lowest BCUT2D eigenvalue weighted by atomic mass is 9.69. The summed E-state index contributed by atoms with van der Waals surface area (Å²) in [5.41, 5.74) is 7.43. The van der Waals surface area contributed by atoms with Gasteiger partial charge < -0.3 is 25.6 Å². The summed E-state index contributed by atoms with van der Waals surface area (Å²) in [5.74, 6) is -0.619. The molecule has 4 rings (SSSR count). The normalized spacial score (nSPS) is 22.6. The van der Waals surface area contributed by atoms with E-state index in [0.29, 0.717) is 32.7 Å². The number of aryl methyl sites for hydroxylation is 1. The Kier molecular flexibility index (Phi) is 8.23. The Morgan fingerprint density at radius 3 is 2.50 bits per heavy atom. The number of nitrogens with two attached hydrogens (primary N) is 1. The van der Waals surface area contributed by atoms with Crippen LogP contribution < -0.4 is 11.1 Å². The minimum Gasteiger partial charge on any atom is -0.374 e. The van der Waals surface area contributed by atoms with E-state index in [1.165, 1.54) is 0 Å². The standard InChI is InChI=1S/C30H40N4O4/c1-21-11-13-23(14-12-21)24-17-33(4)28(37)30(24)15-8-16-34(20-30)26(35)25(32-27(36)29(2,3)31)19-38-18-22-9-6-5-7-10-22/h5-7,9-14,24-25H,8,15-20,31H2,1-4H3,(H,32,36). The van der Waals surface area contributed by atoms with Crippen molar-refractivity contribution in [2.24, 2.45) is 11.1 Å². The molecule has 0 aliphatic carbocycles. The lowest BCUT2D eigenvalue weighted by molar-refractivity contribution is -0.147. The maximum Gasteiger partial charge on any atom is 0.247 e. The molecule has 2 aromatic rings. The number of rotatable bonds is 8. The molecule has 0 saturated carbocycles. The van der Waals surface area contributed by atoms with Crippen LogP contribution in [0, 0.1) is 12.3 Å². The molecule has 2 saturated heterocycles. The van der Waals surface area contributed by atoms with Gasteiger partial charge in [0.15, 0.2) is 0 Å². The van der Waals surface area contributed by atoms with Crippen LogP contribution in [0.1, 0.15) is 49.3 Å². The molecule has 2 aliphatic rings. The SMILES string of the molecule is Cc1ccc(C2CN(C)C(=O)C23CCCN(C(=O)C(COCc2ccccc2)NC(=O)C(C)(C)N)C3)cc1. The maximum absolute atomic E-state index is 13.9. The first-order chi connectivity index (χ1) is 18.0. The van der Waals surface area contributed by atoms with Gasteiger partial charge in [0.2, 0.25) is 17.7 Å². The fourth-order valence-electron chi connectivity index (χ4n) is 5.62. The summed E-state index contributed by atoms with van der Waals surface area (Å²) in [6, 6.07) is 17.1. The third kappa shape index (κ3) is 5.92. The molecule has 0 bridgehead atoms. The summed E-state index contributed by atoms with van der Waals surface area (Å²) in [6.45, 7) is 7.02. The molecule has 2 aliphatic heterocycles. The van der Waals surface area contributed by atoms with E-state index in [-0.39, 0.29) is 24.3 Å². The highest BCUT2D eigenvalue weighted by Crippen LogP contribution is 2.49. The van der Waals surface area contributed by atoms with Crippen molar-refractivity contribution in [3.63, 3.8) is 0 Å². The first-order valence-electron chi connectivity index (χ1n) is 13.3. The predicted octanol–water partition coefficient (Wildman–Crippen LogP) is 2.60. The van der Waals surface area contributed by atoms with Crippen molar-refractivity contribution in [3.8, 4) is 0 Å². The van der Waals surface area contributed by atoms with Crippen molar-refractivity contribution in [1.29, 1.82) is 0 Å². The molecule has 204 valence electrons. The third-order valence-electron chi connectivity index (χ3n) is 7.80. The maximum atomic E-state index is 13.9. The van der Waals surface area contributed by atoms with Gasteiger partial charge >= 0.3 is 0 Å². The monoisotopic (exact) mass is 520 g/mol. The van der Waals surface area contributed by atoms with Crippen molar-refractivity contribution in [2.75, 3.05) is 33.3 Å². The van der Waals surface area contributed by atoms with E-state index in [2.05, 4.69) is 29.6 Å². The number of amides is 3. The molecule has 3 amide bonds. The average Bonchev–Trinajstić information content (AvgIpc) is 3.12. The number of nitrogens with zero attached hydrogens (tertiary/aromatic N) is 2. The highest BCUT2D eigenvalue weighted by atomic mass is 16.5. The topological polar surface area (TPSA) is 105 Å². The van der Waals surface area contributed by atoms with Gasteiger partial charge in [-0.2, -0.15) is 0 Å². The largest absolute Gasteiger partial charge is 0.374 e. The third-order valence-corrected chi connectivity index (χ3v) is 7.80. The molecule has 2 fully saturated rings. The van der Waals surface area contributed by atoms with Gasteiger partial charge in [-0.05, 0) is 44.7 Å². The molecular weight excluding hydrogens is 480 g/mol. The van der Waals surface area contributed by atoms with Crippen molar-refractivity contribution in [3.05, 3.63) is 71.3 Å². The van der Waals surface area contributed by atoms with Crippen LogP contribution in [0.3, 0.4) is 0 Å². The second-order valence-electron chi connectivity index (χ2n) is 11.4. The van der Waals surface area contributed by atoms with Gasteiger partial charge in [0.25, 0.3) is 0 Å². The van der Waals surface area contributed by atoms with E-state index < -0.39 is 22.9 Å². The smallest absolute Gasteiger partial charge is 0.247 e. The molecule has 8 nitrogen and oxygen atoms in total. The number of hydrogen-bond donors (Lipinski definition) is 2. The quantitative estimate of drug-likeness (QED) is 0.557. The molecular formula is C30H40N4O4. The lowest BCUT2D eigenvalue weighted by Gasteiger charge is -2.43. The van der Waals surface area contributed by atoms with Crippen LogP contribution in [-0.4, -0.2) is 72.4 Å². The number of hydrogen-bond acceptors (Lipinski definition) is 5. The second kappa shape index (κ2) is 11.3. The lowest BCUT2D eigenvalue weighted by Crippen LogP contribution is -2.60. The number of likely N-dealkylation sites (tertiary alicyclic amines) is 2. The van der Waals surface area contributed by atoms with Gasteiger partial charge in [0.1, 0.15) is 6.04 Å². The summed E-state index contributed by atoms with van der Waals surface area (Å²) in [7, 11) is 1.84. The Bertz CT molecular complexity index is 1150. The summed E-state index contributed by atoms with van der Waals surface area (Å²) >= 11 is 0. The highest BCUT2D eigenvalue weighted by Gasteiger charge is 2.55. The van der Waals surface area contributed by atoms with Crippen molar-refractivity contribution in [1.82, 2.24) is 15.1 Å². The number of likely N-dealkylation sites (N-methyl/N-ethyl adjacent to an activating group) is 1. The highest BCUT2D eigenvalue weighted by molar-refractivity contribution is 5.92. The van der Waals surface area contributed by atoms with Gasteiger partial charge in [-0.1, -0.05) is 60.2 Å². The first kappa shape index (κ1) is 27.8. The Labute approximate surface area is 225 Å². The Hall–Kier alpha value is -3.23. The minimum atomic E-state index is -1.15. The number of piperidine rings is 1. The van der Waals surface area contributed by atoms with E-state index in [0.717, 1.165) is 23.1 Å². The van der Waals surface area contributed by atoms with Crippen molar-refractivity contribution >= 4 is 17.7 Å². The predicted molar refractivity (Wildman–Crippen MR) is 146 cm³/mol. The molecule has 3 unspecified atom stereocenters. The van der Waals surface area contributed by atoms with E-state index in [4.69, 9.17) is 10.5 Å². The van der Waals surface area contributed by atoms with Crippen LogP contribution in [-0.2, 0) is 25.7 Å². The van der Waals surface area contributed by atoms with Crippen LogP contribution in [0.4, 0.5) is 0 Å². The molecule has 2 heterocycles. The average molecular weight is 521 g/mol. The van der Waals surface area contributed by atoms with Crippen LogP contribution in [0.25, 0.3) is 0 Å². The Balaban J connectivity index is 1.55. The minimum absolute atomic E-state index is 0.00822. The molecule has 2 aromatic carbocycles. The van der Waals surface area contributed by atoms with E-state index in [1.54, 1.807) is 23.6 Å². The molecule has 3 atom stereocenters. The fourth-order valence-corrected chi connectivity index (χ4v) is 5.62. The Morgan fingerprint density at radius 2 is 1.84 bits per heavy atom. The molecule has 0 radical (unpaired) electrons. The van der Waals surface area contributed by atoms with Gasteiger partial charge in [-0.15, -0.1) is 0 Å². The first-order valence-corrected chi connectivity index (χ1v) is 13.3. The second-order valence-corrected chi connectivity index (χ2v) is 11.4. The number of nitrogens with one attached hydrogen (secondary N) is 1. The van der Waals surface area contributed by atoms with E-state index in [1.807, 2.05) is 44.3 Å². The van der Waals surface area contributed by atoms with Crippen molar-refractivity contribution < 1.29 is 19.1 Å². The molecule has 38 heavy (non-hydrogen) atoms. The van der Waals surface area contributed by atoms with Gasteiger partial charge in [0, 0.05) is 32.6 Å². The van der Waals surface area contributed by atoms with Crippen LogP contribution in [0.5, 0.6) is 0 Å². The van der Waals surface area contributed by atoms with Crippen LogP contribution >= 0.6 is 0 Å². The number of benzene rings is 2.